The van der Waals surface area contributed by atoms with Gasteiger partial charge in [0.25, 0.3) is 0 Å². The van der Waals surface area contributed by atoms with Crippen LogP contribution in [0.4, 0.5) is 11.6 Å². The lowest BCUT2D eigenvalue weighted by molar-refractivity contribution is 0.874. The molecule has 0 saturated heterocycles. The molecule has 18 heavy (non-hydrogen) atoms. The van der Waals surface area contributed by atoms with Crippen LogP contribution in [-0.2, 0) is 6.54 Å². The van der Waals surface area contributed by atoms with Crippen LogP contribution in [0.3, 0.4) is 0 Å². The number of rotatable bonds is 3. The largest absolute Gasteiger partial charge is 0.383 e. The number of aromatic nitrogens is 2. The molecule has 0 bridgehead atoms. The molecule has 0 radical (unpaired) electrons. The first-order valence-electron chi connectivity index (χ1n) is 5.52. The van der Waals surface area contributed by atoms with Crippen molar-refractivity contribution in [2.45, 2.75) is 20.4 Å². The van der Waals surface area contributed by atoms with Crippen molar-refractivity contribution in [3.8, 4) is 0 Å². The Balaban J connectivity index is 2.26. The van der Waals surface area contributed by atoms with E-state index in [1.165, 1.54) is 5.56 Å². The summed E-state index contributed by atoms with van der Waals surface area (Å²) in [7, 11) is 2.01. The van der Waals surface area contributed by atoms with E-state index in [1.807, 2.05) is 20.9 Å². The quantitative estimate of drug-likeness (QED) is 0.941. The minimum absolute atomic E-state index is 0.552. The van der Waals surface area contributed by atoms with Gasteiger partial charge in [0.1, 0.15) is 17.5 Å². The molecule has 0 aromatic carbocycles. The summed E-state index contributed by atoms with van der Waals surface area (Å²) in [6, 6.07) is 2.12. The van der Waals surface area contributed by atoms with E-state index in [9.17, 15) is 0 Å². The van der Waals surface area contributed by atoms with Gasteiger partial charge in [-0.15, -0.1) is 11.3 Å². The third-order valence-corrected chi connectivity index (χ3v) is 4.23. The predicted molar refractivity (Wildman–Crippen MR) is 80.0 cm³/mol. The molecule has 6 heteroatoms. The maximum Gasteiger partial charge on any atom is 0.137 e. The van der Waals surface area contributed by atoms with Crippen LogP contribution >= 0.6 is 27.3 Å². The zero-order valence-corrected chi connectivity index (χ0v) is 13.0. The van der Waals surface area contributed by atoms with Gasteiger partial charge in [0.2, 0.25) is 0 Å². The summed E-state index contributed by atoms with van der Waals surface area (Å²) in [6.45, 7) is 4.61. The zero-order chi connectivity index (χ0) is 13.3. The lowest BCUT2D eigenvalue weighted by Gasteiger charge is -2.20. The monoisotopic (exact) mass is 326 g/mol. The van der Waals surface area contributed by atoms with E-state index in [4.69, 9.17) is 5.73 Å². The van der Waals surface area contributed by atoms with Crippen LogP contribution in [0.15, 0.2) is 15.2 Å². The SMILES string of the molecule is Cc1nc(N)c(C)c(N(C)Cc2csc(Br)c2)n1. The predicted octanol–water partition coefficient (Wildman–Crippen LogP) is 3.14. The van der Waals surface area contributed by atoms with Gasteiger partial charge in [-0.25, -0.2) is 9.97 Å². The Morgan fingerprint density at radius 1 is 1.39 bits per heavy atom. The Kier molecular flexibility index (Phi) is 3.87. The molecule has 0 aliphatic carbocycles. The molecule has 4 nitrogen and oxygen atoms in total. The molecule has 0 saturated carbocycles. The van der Waals surface area contributed by atoms with E-state index in [-0.39, 0.29) is 0 Å². The van der Waals surface area contributed by atoms with Gasteiger partial charge >= 0.3 is 0 Å². The highest BCUT2D eigenvalue weighted by Gasteiger charge is 2.12. The van der Waals surface area contributed by atoms with Crippen LogP contribution in [0.5, 0.6) is 0 Å². The molecule has 0 aliphatic heterocycles. The van der Waals surface area contributed by atoms with Gasteiger partial charge in [-0.05, 0) is 46.8 Å². The van der Waals surface area contributed by atoms with E-state index in [2.05, 4.69) is 42.2 Å². The Labute approximate surface area is 119 Å². The van der Waals surface area contributed by atoms with Crippen LogP contribution in [0.1, 0.15) is 17.0 Å². The van der Waals surface area contributed by atoms with Crippen molar-refractivity contribution in [3.63, 3.8) is 0 Å². The average molecular weight is 327 g/mol. The molecule has 0 unspecified atom stereocenters. The van der Waals surface area contributed by atoms with Gasteiger partial charge in [-0.2, -0.15) is 0 Å². The van der Waals surface area contributed by atoms with Crippen LogP contribution in [0, 0.1) is 13.8 Å². The summed E-state index contributed by atoms with van der Waals surface area (Å²) < 4.78 is 1.14. The highest BCUT2D eigenvalue weighted by atomic mass is 79.9. The van der Waals surface area contributed by atoms with Crippen molar-refractivity contribution in [1.82, 2.24) is 9.97 Å². The first-order valence-corrected chi connectivity index (χ1v) is 7.19. The Morgan fingerprint density at radius 3 is 2.72 bits per heavy atom. The molecule has 2 N–H and O–H groups in total. The third kappa shape index (κ3) is 2.81. The second kappa shape index (κ2) is 5.24. The second-order valence-electron chi connectivity index (χ2n) is 4.22. The highest BCUT2D eigenvalue weighted by Crippen LogP contribution is 2.25. The number of halogens is 1. The fourth-order valence-corrected chi connectivity index (χ4v) is 2.98. The average Bonchev–Trinajstić information content (AvgIpc) is 2.69. The van der Waals surface area contributed by atoms with E-state index < -0.39 is 0 Å². The van der Waals surface area contributed by atoms with Gasteiger partial charge in [-0.3, -0.25) is 0 Å². The number of thiophene rings is 1. The summed E-state index contributed by atoms with van der Waals surface area (Å²) >= 11 is 5.16. The van der Waals surface area contributed by atoms with E-state index in [1.54, 1.807) is 11.3 Å². The molecule has 0 amide bonds. The van der Waals surface area contributed by atoms with E-state index in [0.717, 1.165) is 21.7 Å². The van der Waals surface area contributed by atoms with Crippen molar-refractivity contribution < 1.29 is 0 Å². The Hall–Kier alpha value is -1.14. The van der Waals surface area contributed by atoms with Gasteiger partial charge in [0.15, 0.2) is 0 Å². The second-order valence-corrected chi connectivity index (χ2v) is 6.51. The first-order chi connectivity index (χ1) is 8.47. The first kappa shape index (κ1) is 13.3. The molecule has 0 spiro atoms. The summed E-state index contributed by atoms with van der Waals surface area (Å²) in [6.07, 6.45) is 0. The molecule has 0 fully saturated rings. The highest BCUT2D eigenvalue weighted by molar-refractivity contribution is 9.11. The number of hydrogen-bond acceptors (Lipinski definition) is 5. The van der Waals surface area contributed by atoms with Crippen LogP contribution in [0.2, 0.25) is 0 Å². The topological polar surface area (TPSA) is 55.0 Å². The third-order valence-electron chi connectivity index (χ3n) is 2.67. The minimum Gasteiger partial charge on any atom is -0.383 e. The lowest BCUT2D eigenvalue weighted by atomic mass is 10.2. The van der Waals surface area contributed by atoms with Crippen molar-refractivity contribution in [2.75, 3.05) is 17.7 Å². The number of nitrogens with zero attached hydrogens (tertiary/aromatic N) is 3. The number of nitrogens with two attached hydrogens (primary N) is 1. The maximum atomic E-state index is 5.87. The molecule has 0 atom stereocenters. The molecule has 2 rings (SSSR count). The van der Waals surface area contributed by atoms with Crippen molar-refractivity contribution >= 4 is 38.9 Å². The number of anilines is 2. The smallest absolute Gasteiger partial charge is 0.137 e. The zero-order valence-electron chi connectivity index (χ0n) is 10.6. The van der Waals surface area contributed by atoms with Crippen molar-refractivity contribution in [1.29, 1.82) is 0 Å². The summed E-state index contributed by atoms with van der Waals surface area (Å²) in [5.41, 5.74) is 8.06. The minimum atomic E-state index is 0.552. The molecule has 2 heterocycles. The summed E-state index contributed by atoms with van der Waals surface area (Å²) in [5.74, 6) is 2.14. The lowest BCUT2D eigenvalue weighted by Crippen LogP contribution is -2.20. The number of nitrogen functional groups attached to an aromatic ring is 1. The van der Waals surface area contributed by atoms with Gasteiger partial charge in [0, 0.05) is 19.2 Å². The fraction of sp³-hybridized carbons (Fsp3) is 0.333. The normalized spacial score (nSPS) is 10.7. The van der Waals surface area contributed by atoms with Crippen molar-refractivity contribution in [2.24, 2.45) is 0 Å². The molecule has 96 valence electrons. The van der Waals surface area contributed by atoms with Crippen LogP contribution in [0.25, 0.3) is 0 Å². The molecular formula is C12H15BrN4S. The van der Waals surface area contributed by atoms with Crippen molar-refractivity contribution in [3.05, 3.63) is 32.2 Å². The maximum absolute atomic E-state index is 5.87. The summed E-state index contributed by atoms with van der Waals surface area (Å²) in [4.78, 5) is 10.7. The summed E-state index contributed by atoms with van der Waals surface area (Å²) in [5, 5.41) is 2.13. The molecule has 2 aromatic heterocycles. The van der Waals surface area contributed by atoms with Gasteiger partial charge in [0.05, 0.1) is 3.79 Å². The number of aryl methyl sites for hydroxylation is 1. The van der Waals surface area contributed by atoms with Crippen LogP contribution < -0.4 is 10.6 Å². The molecule has 0 aliphatic rings. The van der Waals surface area contributed by atoms with E-state index >= 15 is 0 Å². The van der Waals surface area contributed by atoms with Crippen LogP contribution in [-0.4, -0.2) is 17.0 Å². The van der Waals surface area contributed by atoms with Gasteiger partial charge in [-0.1, -0.05) is 0 Å². The Bertz CT molecular complexity index is 567. The van der Waals surface area contributed by atoms with Gasteiger partial charge < -0.3 is 10.6 Å². The molecule has 2 aromatic rings. The van der Waals surface area contributed by atoms with E-state index in [0.29, 0.717) is 11.6 Å². The molecular weight excluding hydrogens is 312 g/mol. The standard InChI is InChI=1S/C12H15BrN4S/c1-7-11(14)15-8(2)16-12(7)17(3)5-9-4-10(13)18-6-9/h4,6H,5H2,1-3H3,(H2,14,15,16). The fourth-order valence-electron chi connectivity index (χ4n) is 1.78. The number of hydrogen-bond donors (Lipinski definition) is 1. The Morgan fingerprint density at radius 2 is 2.11 bits per heavy atom.